The quantitative estimate of drug-likeness (QED) is 0.585. The van der Waals surface area contributed by atoms with Crippen molar-refractivity contribution in [2.24, 2.45) is 0 Å². The molecular formula is C24H30N4O2. The van der Waals surface area contributed by atoms with Crippen molar-refractivity contribution in [3.05, 3.63) is 71.4 Å². The average molecular weight is 407 g/mol. The zero-order valence-electron chi connectivity index (χ0n) is 18.3. The molecule has 1 N–H and O–H groups in total. The SMILES string of the molecule is CCNC(=O)N(Cc1c(C)nn(-c2ccccc2)c1Oc1cccc(C)c1)C(C)C. The molecule has 0 bridgehead atoms. The number of aryl methyl sites for hydroxylation is 2. The van der Waals surface area contributed by atoms with Crippen LogP contribution in [0.25, 0.3) is 5.69 Å². The van der Waals surface area contributed by atoms with Crippen molar-refractivity contribution in [1.29, 1.82) is 0 Å². The van der Waals surface area contributed by atoms with Gasteiger partial charge in [-0.05, 0) is 64.4 Å². The second-order valence-corrected chi connectivity index (χ2v) is 7.59. The van der Waals surface area contributed by atoms with Gasteiger partial charge in [0.2, 0.25) is 5.88 Å². The van der Waals surface area contributed by atoms with E-state index in [1.54, 1.807) is 4.90 Å². The van der Waals surface area contributed by atoms with Gasteiger partial charge in [-0.2, -0.15) is 5.10 Å². The highest BCUT2D eigenvalue weighted by atomic mass is 16.5. The van der Waals surface area contributed by atoms with Crippen molar-refractivity contribution >= 4 is 6.03 Å². The van der Waals surface area contributed by atoms with E-state index >= 15 is 0 Å². The van der Waals surface area contributed by atoms with Crippen LogP contribution in [-0.2, 0) is 6.54 Å². The number of amides is 2. The molecule has 3 rings (SSSR count). The van der Waals surface area contributed by atoms with E-state index in [9.17, 15) is 4.79 Å². The molecule has 0 atom stereocenters. The molecule has 0 aliphatic heterocycles. The first-order valence-corrected chi connectivity index (χ1v) is 10.3. The molecule has 2 aromatic carbocycles. The molecule has 2 amide bonds. The van der Waals surface area contributed by atoms with Crippen LogP contribution in [0.3, 0.4) is 0 Å². The second-order valence-electron chi connectivity index (χ2n) is 7.59. The number of carbonyl (C=O) groups is 1. The van der Waals surface area contributed by atoms with Crippen molar-refractivity contribution in [3.8, 4) is 17.3 Å². The van der Waals surface area contributed by atoms with E-state index in [1.165, 1.54) is 0 Å². The summed E-state index contributed by atoms with van der Waals surface area (Å²) in [7, 11) is 0. The molecule has 158 valence electrons. The third-order valence-corrected chi connectivity index (χ3v) is 4.88. The fourth-order valence-corrected chi connectivity index (χ4v) is 3.27. The summed E-state index contributed by atoms with van der Waals surface area (Å²) in [5, 5.41) is 7.65. The van der Waals surface area contributed by atoms with Crippen molar-refractivity contribution in [2.45, 2.75) is 47.2 Å². The molecule has 6 heteroatoms. The first-order chi connectivity index (χ1) is 14.4. The molecule has 0 radical (unpaired) electrons. The predicted octanol–water partition coefficient (Wildman–Crippen LogP) is 5.22. The Morgan fingerprint density at radius 2 is 1.87 bits per heavy atom. The third kappa shape index (κ3) is 4.82. The van der Waals surface area contributed by atoms with Crippen LogP contribution in [0.1, 0.15) is 37.6 Å². The van der Waals surface area contributed by atoms with E-state index in [2.05, 4.69) is 5.32 Å². The number of nitrogens with zero attached hydrogens (tertiary/aromatic N) is 3. The summed E-state index contributed by atoms with van der Waals surface area (Å²) in [6, 6.07) is 17.7. The highest BCUT2D eigenvalue weighted by Gasteiger charge is 2.25. The summed E-state index contributed by atoms with van der Waals surface area (Å²) >= 11 is 0. The van der Waals surface area contributed by atoms with Crippen LogP contribution < -0.4 is 10.1 Å². The van der Waals surface area contributed by atoms with Crippen LogP contribution in [0, 0.1) is 13.8 Å². The van der Waals surface area contributed by atoms with Crippen molar-refractivity contribution in [1.82, 2.24) is 20.0 Å². The van der Waals surface area contributed by atoms with E-state index in [-0.39, 0.29) is 12.1 Å². The normalized spacial score (nSPS) is 10.9. The van der Waals surface area contributed by atoms with Gasteiger partial charge in [-0.1, -0.05) is 30.3 Å². The second kappa shape index (κ2) is 9.48. The largest absolute Gasteiger partial charge is 0.439 e. The van der Waals surface area contributed by atoms with Gasteiger partial charge >= 0.3 is 6.03 Å². The minimum absolute atomic E-state index is 0.0304. The summed E-state index contributed by atoms with van der Waals surface area (Å²) in [6.45, 7) is 10.9. The molecule has 0 fully saturated rings. The Bertz CT molecular complexity index is 996. The lowest BCUT2D eigenvalue weighted by Gasteiger charge is -2.27. The Hall–Kier alpha value is -3.28. The molecule has 0 saturated heterocycles. The van der Waals surface area contributed by atoms with Gasteiger partial charge in [-0.25, -0.2) is 9.48 Å². The summed E-state index contributed by atoms with van der Waals surface area (Å²) in [4.78, 5) is 14.4. The fraction of sp³-hybridized carbons (Fsp3) is 0.333. The van der Waals surface area contributed by atoms with Gasteiger partial charge in [0, 0.05) is 12.6 Å². The van der Waals surface area contributed by atoms with Gasteiger partial charge in [0.25, 0.3) is 0 Å². The van der Waals surface area contributed by atoms with Gasteiger partial charge in [-0.3, -0.25) is 0 Å². The maximum Gasteiger partial charge on any atom is 0.317 e. The number of urea groups is 1. The highest BCUT2D eigenvalue weighted by Crippen LogP contribution is 2.32. The van der Waals surface area contributed by atoms with Crippen molar-refractivity contribution in [2.75, 3.05) is 6.54 Å². The number of para-hydroxylation sites is 1. The van der Waals surface area contributed by atoms with E-state index in [1.807, 2.05) is 93.9 Å². The number of hydrogen-bond acceptors (Lipinski definition) is 3. The summed E-state index contributed by atoms with van der Waals surface area (Å²) in [6.07, 6.45) is 0. The first kappa shape index (κ1) is 21.4. The minimum Gasteiger partial charge on any atom is -0.439 e. The van der Waals surface area contributed by atoms with Crippen LogP contribution in [0.2, 0.25) is 0 Å². The molecule has 0 saturated carbocycles. The predicted molar refractivity (Wildman–Crippen MR) is 119 cm³/mol. The molecule has 1 aromatic heterocycles. The summed E-state index contributed by atoms with van der Waals surface area (Å²) in [5.74, 6) is 1.36. The molecule has 0 aliphatic carbocycles. The molecule has 0 unspecified atom stereocenters. The Kier molecular flexibility index (Phi) is 6.77. The minimum atomic E-state index is -0.0964. The van der Waals surface area contributed by atoms with E-state index in [4.69, 9.17) is 9.84 Å². The van der Waals surface area contributed by atoms with Crippen molar-refractivity contribution in [3.63, 3.8) is 0 Å². The molecular weight excluding hydrogens is 376 g/mol. The first-order valence-electron chi connectivity index (χ1n) is 10.3. The van der Waals surface area contributed by atoms with Crippen molar-refractivity contribution < 1.29 is 9.53 Å². The molecule has 0 aliphatic rings. The lowest BCUT2D eigenvalue weighted by atomic mass is 10.2. The van der Waals surface area contributed by atoms with Gasteiger partial charge in [-0.15, -0.1) is 0 Å². The number of ether oxygens (including phenoxy) is 1. The average Bonchev–Trinajstić information content (AvgIpc) is 3.02. The number of rotatable bonds is 7. The molecule has 30 heavy (non-hydrogen) atoms. The van der Waals surface area contributed by atoms with Crippen LogP contribution in [0.4, 0.5) is 4.79 Å². The van der Waals surface area contributed by atoms with E-state index in [0.29, 0.717) is 19.0 Å². The molecule has 3 aromatic rings. The number of nitrogens with one attached hydrogen (secondary N) is 1. The monoisotopic (exact) mass is 406 g/mol. The Labute approximate surface area is 178 Å². The number of benzene rings is 2. The highest BCUT2D eigenvalue weighted by molar-refractivity contribution is 5.74. The van der Waals surface area contributed by atoms with Gasteiger partial charge in [0.1, 0.15) is 5.75 Å². The maximum absolute atomic E-state index is 12.6. The van der Waals surface area contributed by atoms with Crippen LogP contribution in [-0.4, -0.2) is 33.3 Å². The summed E-state index contributed by atoms with van der Waals surface area (Å²) < 4.78 is 8.17. The number of hydrogen-bond donors (Lipinski definition) is 1. The van der Waals surface area contributed by atoms with Gasteiger partial charge in [0.15, 0.2) is 0 Å². The van der Waals surface area contributed by atoms with Crippen LogP contribution in [0.15, 0.2) is 54.6 Å². The zero-order chi connectivity index (χ0) is 21.7. The third-order valence-electron chi connectivity index (χ3n) is 4.88. The fourth-order valence-electron chi connectivity index (χ4n) is 3.27. The lowest BCUT2D eigenvalue weighted by Crippen LogP contribution is -2.43. The smallest absolute Gasteiger partial charge is 0.317 e. The summed E-state index contributed by atoms with van der Waals surface area (Å²) in [5.41, 5.74) is 3.74. The van der Waals surface area contributed by atoms with E-state index < -0.39 is 0 Å². The standard InChI is InChI=1S/C24H30N4O2/c1-6-25-24(29)27(17(2)3)16-22-19(5)26-28(20-12-8-7-9-13-20)23(22)30-21-14-10-11-18(4)15-21/h7-15,17H,6,16H2,1-5H3,(H,25,29). The Morgan fingerprint density at radius 1 is 1.13 bits per heavy atom. The topological polar surface area (TPSA) is 59.4 Å². The van der Waals surface area contributed by atoms with Gasteiger partial charge in [0.05, 0.1) is 23.5 Å². The Morgan fingerprint density at radius 3 is 2.50 bits per heavy atom. The van der Waals surface area contributed by atoms with Crippen LogP contribution >= 0.6 is 0 Å². The molecule has 6 nitrogen and oxygen atoms in total. The Balaban J connectivity index is 2.07. The lowest BCUT2D eigenvalue weighted by molar-refractivity contribution is 0.179. The van der Waals surface area contributed by atoms with Crippen LogP contribution in [0.5, 0.6) is 11.6 Å². The maximum atomic E-state index is 12.6. The number of aromatic nitrogens is 2. The number of carbonyl (C=O) groups excluding carboxylic acids is 1. The van der Waals surface area contributed by atoms with E-state index in [0.717, 1.165) is 28.3 Å². The van der Waals surface area contributed by atoms with Gasteiger partial charge < -0.3 is 15.0 Å². The molecule has 0 spiro atoms. The zero-order valence-corrected chi connectivity index (χ0v) is 18.3. The molecule has 1 heterocycles.